The number of likely N-dealkylation sites (tertiary alicyclic amines) is 1. The lowest BCUT2D eigenvalue weighted by Gasteiger charge is -2.34. The number of amides is 3. The maximum Gasteiger partial charge on any atom is 0.261 e. The number of aryl methyl sites for hydroxylation is 1. The molecule has 1 saturated heterocycles. The van der Waals surface area contributed by atoms with Crippen LogP contribution in [0.2, 0.25) is 0 Å². The topological polar surface area (TPSA) is 69.7 Å². The molecule has 1 aromatic carbocycles. The Kier molecular flexibility index (Phi) is 6.50. The van der Waals surface area contributed by atoms with Gasteiger partial charge in [0, 0.05) is 32.6 Å². The summed E-state index contributed by atoms with van der Waals surface area (Å²) in [5, 5.41) is 2.91. The molecule has 1 aromatic rings. The SMILES string of the molecule is Cc1ccc2c(c1)C(=O)N(CCC(=O)NCCCN1CC(C)CC(C)C1)C2=O. The minimum atomic E-state index is -0.305. The molecule has 28 heavy (non-hydrogen) atoms. The molecule has 6 heteroatoms. The van der Waals surface area contributed by atoms with Crippen molar-refractivity contribution in [2.24, 2.45) is 11.8 Å². The molecule has 152 valence electrons. The van der Waals surface area contributed by atoms with Crippen LogP contribution in [0.5, 0.6) is 0 Å². The van der Waals surface area contributed by atoms with Crippen LogP contribution in [0, 0.1) is 18.8 Å². The Bertz CT molecular complexity index is 751. The van der Waals surface area contributed by atoms with Gasteiger partial charge in [-0.2, -0.15) is 0 Å². The molecule has 2 atom stereocenters. The first kappa shape index (κ1) is 20.5. The average molecular weight is 386 g/mol. The summed E-state index contributed by atoms with van der Waals surface area (Å²) in [5.41, 5.74) is 1.81. The second kappa shape index (κ2) is 8.86. The molecule has 2 aliphatic rings. The van der Waals surface area contributed by atoms with Gasteiger partial charge in [-0.1, -0.05) is 25.5 Å². The zero-order valence-corrected chi connectivity index (χ0v) is 17.2. The summed E-state index contributed by atoms with van der Waals surface area (Å²) < 4.78 is 0. The maximum absolute atomic E-state index is 12.4. The van der Waals surface area contributed by atoms with E-state index in [1.165, 1.54) is 11.3 Å². The van der Waals surface area contributed by atoms with Crippen molar-refractivity contribution in [3.8, 4) is 0 Å². The Labute approximate surface area is 167 Å². The van der Waals surface area contributed by atoms with Crippen molar-refractivity contribution in [1.29, 1.82) is 0 Å². The molecule has 3 rings (SSSR count). The smallest absolute Gasteiger partial charge is 0.261 e. The Morgan fingerprint density at radius 2 is 1.75 bits per heavy atom. The fraction of sp³-hybridized carbons (Fsp3) is 0.591. The van der Waals surface area contributed by atoms with Crippen molar-refractivity contribution < 1.29 is 14.4 Å². The molecule has 6 nitrogen and oxygen atoms in total. The van der Waals surface area contributed by atoms with Gasteiger partial charge in [0.05, 0.1) is 11.1 Å². The second-order valence-corrected chi connectivity index (χ2v) is 8.47. The van der Waals surface area contributed by atoms with Gasteiger partial charge in [0.15, 0.2) is 0 Å². The summed E-state index contributed by atoms with van der Waals surface area (Å²) in [6.45, 7) is 10.5. The molecule has 2 unspecified atom stereocenters. The fourth-order valence-electron chi connectivity index (χ4n) is 4.41. The average Bonchev–Trinajstić information content (AvgIpc) is 2.86. The van der Waals surface area contributed by atoms with Gasteiger partial charge in [0.25, 0.3) is 11.8 Å². The summed E-state index contributed by atoms with van der Waals surface area (Å²) in [7, 11) is 0. The Hall–Kier alpha value is -2.21. The predicted octanol–water partition coefficient (Wildman–Crippen LogP) is 2.47. The van der Waals surface area contributed by atoms with E-state index in [9.17, 15) is 14.4 Å². The summed E-state index contributed by atoms with van der Waals surface area (Å²) in [5.74, 6) is 0.752. The van der Waals surface area contributed by atoms with Crippen molar-refractivity contribution in [3.05, 3.63) is 34.9 Å². The van der Waals surface area contributed by atoms with Crippen molar-refractivity contribution in [2.75, 3.05) is 32.7 Å². The number of imide groups is 1. The molecular formula is C22H31N3O3. The van der Waals surface area contributed by atoms with Crippen LogP contribution in [0.25, 0.3) is 0 Å². The van der Waals surface area contributed by atoms with Crippen molar-refractivity contribution in [1.82, 2.24) is 15.1 Å². The van der Waals surface area contributed by atoms with Gasteiger partial charge in [-0.15, -0.1) is 0 Å². The van der Waals surface area contributed by atoms with Crippen LogP contribution < -0.4 is 5.32 Å². The van der Waals surface area contributed by atoms with E-state index in [0.717, 1.165) is 43.5 Å². The van der Waals surface area contributed by atoms with E-state index in [0.29, 0.717) is 17.7 Å². The Morgan fingerprint density at radius 1 is 1.07 bits per heavy atom. The second-order valence-electron chi connectivity index (χ2n) is 8.47. The summed E-state index contributed by atoms with van der Waals surface area (Å²) in [6.07, 6.45) is 2.35. The number of hydrogen-bond donors (Lipinski definition) is 1. The van der Waals surface area contributed by atoms with E-state index in [-0.39, 0.29) is 30.7 Å². The number of fused-ring (bicyclic) bond motifs is 1. The summed E-state index contributed by atoms with van der Waals surface area (Å²) in [4.78, 5) is 40.6. The number of nitrogens with one attached hydrogen (secondary N) is 1. The van der Waals surface area contributed by atoms with Crippen LogP contribution >= 0.6 is 0 Å². The van der Waals surface area contributed by atoms with Crippen LogP contribution in [0.3, 0.4) is 0 Å². The largest absolute Gasteiger partial charge is 0.356 e. The van der Waals surface area contributed by atoms with E-state index in [1.54, 1.807) is 12.1 Å². The number of rotatable bonds is 7. The van der Waals surface area contributed by atoms with Crippen molar-refractivity contribution >= 4 is 17.7 Å². The summed E-state index contributed by atoms with van der Waals surface area (Å²) >= 11 is 0. The Morgan fingerprint density at radius 3 is 2.46 bits per heavy atom. The molecular weight excluding hydrogens is 354 g/mol. The van der Waals surface area contributed by atoms with Gasteiger partial charge < -0.3 is 10.2 Å². The highest BCUT2D eigenvalue weighted by Crippen LogP contribution is 2.24. The van der Waals surface area contributed by atoms with Gasteiger partial charge in [-0.25, -0.2) is 0 Å². The van der Waals surface area contributed by atoms with E-state index >= 15 is 0 Å². The van der Waals surface area contributed by atoms with E-state index < -0.39 is 0 Å². The molecule has 2 aliphatic heterocycles. The van der Waals surface area contributed by atoms with E-state index in [2.05, 4.69) is 24.1 Å². The van der Waals surface area contributed by atoms with Crippen LogP contribution in [0.4, 0.5) is 0 Å². The zero-order chi connectivity index (χ0) is 20.3. The molecule has 1 N–H and O–H groups in total. The lowest BCUT2D eigenvalue weighted by molar-refractivity contribution is -0.121. The van der Waals surface area contributed by atoms with Crippen molar-refractivity contribution in [3.63, 3.8) is 0 Å². The first-order valence-corrected chi connectivity index (χ1v) is 10.3. The third-order valence-electron chi connectivity index (χ3n) is 5.61. The number of benzene rings is 1. The number of carbonyl (C=O) groups excluding carboxylic acids is 3. The van der Waals surface area contributed by atoms with Gasteiger partial charge in [0.1, 0.15) is 0 Å². The Balaban J connectivity index is 1.38. The van der Waals surface area contributed by atoms with Gasteiger partial charge in [0.2, 0.25) is 5.91 Å². The van der Waals surface area contributed by atoms with Crippen LogP contribution in [0.15, 0.2) is 18.2 Å². The van der Waals surface area contributed by atoms with E-state index in [1.807, 2.05) is 13.0 Å². The van der Waals surface area contributed by atoms with Gasteiger partial charge in [-0.05, 0) is 50.3 Å². The molecule has 0 saturated carbocycles. The standard InChI is InChI=1S/C22H31N3O3/c1-15-5-6-18-19(12-15)22(28)25(21(18)27)10-7-20(26)23-8-4-9-24-13-16(2)11-17(3)14-24/h5-6,12,16-17H,4,7-11,13-14H2,1-3H3,(H,23,26). The molecule has 0 aliphatic carbocycles. The fourth-order valence-corrected chi connectivity index (χ4v) is 4.41. The van der Waals surface area contributed by atoms with Crippen LogP contribution in [-0.2, 0) is 4.79 Å². The minimum absolute atomic E-state index is 0.117. The predicted molar refractivity (Wildman–Crippen MR) is 108 cm³/mol. The molecule has 0 spiro atoms. The highest BCUT2D eigenvalue weighted by molar-refractivity contribution is 6.21. The number of hydrogen-bond acceptors (Lipinski definition) is 4. The summed E-state index contributed by atoms with van der Waals surface area (Å²) in [6, 6.07) is 5.25. The molecule has 0 bridgehead atoms. The lowest BCUT2D eigenvalue weighted by atomic mass is 9.92. The lowest BCUT2D eigenvalue weighted by Crippen LogP contribution is -2.40. The number of piperidine rings is 1. The third-order valence-corrected chi connectivity index (χ3v) is 5.61. The maximum atomic E-state index is 12.4. The quantitative estimate of drug-likeness (QED) is 0.578. The molecule has 0 radical (unpaired) electrons. The van der Waals surface area contributed by atoms with Crippen LogP contribution in [0.1, 0.15) is 59.4 Å². The molecule has 1 fully saturated rings. The molecule has 2 heterocycles. The first-order chi connectivity index (χ1) is 13.3. The molecule has 0 aromatic heterocycles. The normalized spacial score (nSPS) is 22.5. The highest BCUT2D eigenvalue weighted by atomic mass is 16.2. The number of nitrogens with zero attached hydrogens (tertiary/aromatic N) is 2. The first-order valence-electron chi connectivity index (χ1n) is 10.3. The number of carbonyl (C=O) groups is 3. The van der Waals surface area contributed by atoms with Gasteiger partial charge in [-0.3, -0.25) is 19.3 Å². The zero-order valence-electron chi connectivity index (χ0n) is 17.2. The molecule has 3 amide bonds. The third kappa shape index (κ3) is 4.79. The van der Waals surface area contributed by atoms with E-state index in [4.69, 9.17) is 0 Å². The monoisotopic (exact) mass is 385 g/mol. The van der Waals surface area contributed by atoms with Crippen molar-refractivity contribution in [2.45, 2.75) is 40.0 Å². The minimum Gasteiger partial charge on any atom is -0.356 e. The highest BCUT2D eigenvalue weighted by Gasteiger charge is 2.35. The van der Waals surface area contributed by atoms with Gasteiger partial charge >= 0.3 is 0 Å². The van der Waals surface area contributed by atoms with Crippen LogP contribution in [-0.4, -0.2) is 60.2 Å².